The summed E-state index contributed by atoms with van der Waals surface area (Å²) in [6, 6.07) is 2.47. The summed E-state index contributed by atoms with van der Waals surface area (Å²) < 4.78 is 56.7. The first kappa shape index (κ1) is 27.8. The maximum atomic E-state index is 16.5. The number of fused-ring (bicyclic) bond motifs is 3. The van der Waals surface area contributed by atoms with E-state index in [1.807, 2.05) is 4.90 Å². The van der Waals surface area contributed by atoms with Crippen LogP contribution in [-0.4, -0.2) is 93.4 Å². The molecule has 3 aromatic heterocycles. The molecular weight excluding hydrogens is 563 g/mol. The zero-order chi connectivity index (χ0) is 29.7. The zero-order valence-corrected chi connectivity index (χ0v) is 23.7. The van der Waals surface area contributed by atoms with E-state index in [1.165, 1.54) is 31.6 Å². The summed E-state index contributed by atoms with van der Waals surface area (Å²) in [6.07, 6.45) is 5.61. The van der Waals surface area contributed by atoms with Crippen LogP contribution >= 0.6 is 0 Å². The van der Waals surface area contributed by atoms with E-state index in [0.29, 0.717) is 54.6 Å². The third-order valence-electron chi connectivity index (χ3n) is 8.93. The third-order valence-corrected chi connectivity index (χ3v) is 8.93. The number of nitrogens with one attached hydrogen (secondary N) is 1. The van der Waals surface area contributed by atoms with E-state index < -0.39 is 23.3 Å². The highest BCUT2D eigenvalue weighted by Gasteiger charge is 2.49. The highest BCUT2D eigenvalue weighted by atomic mass is 19.1. The first-order chi connectivity index (χ1) is 20.8. The van der Waals surface area contributed by atoms with Crippen molar-refractivity contribution >= 4 is 27.6 Å². The Balaban J connectivity index is 1.33. The molecule has 0 amide bonds. The van der Waals surface area contributed by atoms with Gasteiger partial charge < -0.3 is 19.5 Å². The largest absolute Gasteiger partial charge is 0.510 e. The molecule has 1 unspecified atom stereocenters. The van der Waals surface area contributed by atoms with Crippen molar-refractivity contribution in [2.24, 2.45) is 0 Å². The van der Waals surface area contributed by atoms with Gasteiger partial charge >= 0.3 is 6.01 Å². The van der Waals surface area contributed by atoms with Crippen LogP contribution in [0.3, 0.4) is 0 Å². The average Bonchev–Trinajstić information content (AvgIpc) is 3.70. The number of methoxy groups -OCH3 is 1. The van der Waals surface area contributed by atoms with Crippen LogP contribution in [0.5, 0.6) is 6.01 Å². The fourth-order valence-corrected chi connectivity index (χ4v) is 6.90. The second kappa shape index (κ2) is 10.9. The van der Waals surface area contributed by atoms with Gasteiger partial charge in [-0.25, -0.2) is 13.2 Å². The molecule has 226 valence electrons. The molecule has 3 fully saturated rings. The molecule has 2 atom stereocenters. The Morgan fingerprint density at radius 2 is 2.05 bits per heavy atom. The maximum Gasteiger partial charge on any atom is 0.319 e. The highest BCUT2D eigenvalue weighted by molar-refractivity contribution is 5.97. The van der Waals surface area contributed by atoms with Crippen LogP contribution in [-0.2, 0) is 4.74 Å². The molecule has 0 aliphatic carbocycles. The van der Waals surface area contributed by atoms with Gasteiger partial charge in [-0.05, 0) is 49.9 Å². The molecule has 3 aliphatic heterocycles. The van der Waals surface area contributed by atoms with Gasteiger partial charge in [0.2, 0.25) is 0 Å². The smallest absolute Gasteiger partial charge is 0.319 e. The Morgan fingerprint density at radius 3 is 2.91 bits per heavy atom. The van der Waals surface area contributed by atoms with Gasteiger partial charge in [-0.15, -0.1) is 0 Å². The zero-order valence-electron chi connectivity index (χ0n) is 23.7. The number of hydrogen-bond donors (Lipinski definition) is 2. The van der Waals surface area contributed by atoms with E-state index in [0.717, 1.165) is 31.4 Å². The second-order valence-corrected chi connectivity index (χ2v) is 11.7. The van der Waals surface area contributed by atoms with Gasteiger partial charge in [-0.3, -0.25) is 15.0 Å². The summed E-state index contributed by atoms with van der Waals surface area (Å²) in [6.45, 7) is 2.40. The van der Waals surface area contributed by atoms with Crippen LogP contribution in [0.15, 0.2) is 35.9 Å². The van der Waals surface area contributed by atoms with Crippen LogP contribution in [0, 0.1) is 11.6 Å². The van der Waals surface area contributed by atoms with Crippen LogP contribution in [0.25, 0.3) is 33.1 Å². The Morgan fingerprint density at radius 1 is 1.16 bits per heavy atom. The molecule has 43 heavy (non-hydrogen) atoms. The standard InChI is InChI=1S/C30H32F3N7O3/c1-42-15-24(41)17-4-2-6-39(13-17)28-22-11-34-26(20-8-18(31)9-23-21(20)12-35-38-23)25(33)27(22)36-29(37-28)43-16-30-5-3-7-40(30)14-19(32)10-30/h8-9,11-12,19,41H,2-7,10,13-16H2,1H3,(H,35,38)/b24-17+/t19-,30?/m1/s1. The van der Waals surface area contributed by atoms with Crippen molar-refractivity contribution in [3.63, 3.8) is 0 Å². The molecule has 0 spiro atoms. The van der Waals surface area contributed by atoms with E-state index in [9.17, 15) is 13.9 Å². The summed E-state index contributed by atoms with van der Waals surface area (Å²) >= 11 is 0. The van der Waals surface area contributed by atoms with Crippen molar-refractivity contribution < 1.29 is 27.8 Å². The van der Waals surface area contributed by atoms with E-state index in [-0.39, 0.29) is 41.8 Å². The number of piperidine rings is 1. The van der Waals surface area contributed by atoms with E-state index in [1.54, 1.807) is 0 Å². The van der Waals surface area contributed by atoms with Crippen LogP contribution < -0.4 is 9.64 Å². The molecule has 10 nitrogen and oxygen atoms in total. The van der Waals surface area contributed by atoms with E-state index >= 15 is 4.39 Å². The van der Waals surface area contributed by atoms with Crippen molar-refractivity contribution in [1.29, 1.82) is 0 Å². The number of benzene rings is 1. The summed E-state index contributed by atoms with van der Waals surface area (Å²) in [5, 5.41) is 18.1. The number of nitrogens with zero attached hydrogens (tertiary/aromatic N) is 6. The van der Waals surface area contributed by atoms with Crippen molar-refractivity contribution in [2.45, 2.75) is 43.8 Å². The fraction of sp³-hybridized carbons (Fsp3) is 0.467. The SMILES string of the molecule is COC/C(O)=C1/CCCN(c2nc(OCC34CCCN3C[C@H](F)C4)nc3c(F)c(-c4cc(F)cc5[nH]ncc45)ncc23)C1. The number of pyridine rings is 1. The molecule has 0 bridgehead atoms. The lowest BCUT2D eigenvalue weighted by atomic mass is 9.95. The number of aliphatic hydroxyl groups excluding tert-OH is 1. The number of hydrogen-bond acceptors (Lipinski definition) is 9. The van der Waals surface area contributed by atoms with Gasteiger partial charge in [0.1, 0.15) is 48.0 Å². The first-order valence-corrected chi connectivity index (χ1v) is 14.5. The quantitative estimate of drug-likeness (QED) is 0.289. The topological polar surface area (TPSA) is 113 Å². The maximum absolute atomic E-state index is 16.5. The third kappa shape index (κ3) is 4.93. The van der Waals surface area contributed by atoms with Gasteiger partial charge in [0.25, 0.3) is 0 Å². The number of aliphatic hydroxyl groups is 1. The van der Waals surface area contributed by atoms with Crippen molar-refractivity contribution in [1.82, 2.24) is 30.0 Å². The molecule has 7 rings (SSSR count). The lowest BCUT2D eigenvalue weighted by Gasteiger charge is -2.32. The van der Waals surface area contributed by atoms with Gasteiger partial charge in [-0.2, -0.15) is 15.1 Å². The average molecular weight is 596 g/mol. The van der Waals surface area contributed by atoms with Gasteiger partial charge in [-0.1, -0.05) is 0 Å². The van der Waals surface area contributed by atoms with Crippen LogP contribution in [0.1, 0.15) is 32.1 Å². The summed E-state index contributed by atoms with van der Waals surface area (Å²) in [4.78, 5) is 17.7. The molecule has 2 N–H and O–H groups in total. The molecular formula is C30H32F3N7O3. The number of halogens is 3. The predicted octanol–water partition coefficient (Wildman–Crippen LogP) is 4.86. The first-order valence-electron chi connectivity index (χ1n) is 14.5. The number of H-pyrrole nitrogens is 1. The molecule has 3 aliphatic rings. The van der Waals surface area contributed by atoms with Gasteiger partial charge in [0.05, 0.1) is 22.6 Å². The summed E-state index contributed by atoms with van der Waals surface area (Å²) in [5.41, 5.74) is 0.895. The number of alkyl halides is 1. The summed E-state index contributed by atoms with van der Waals surface area (Å²) in [7, 11) is 1.52. The normalized spacial score (nSPS) is 23.8. The minimum Gasteiger partial charge on any atom is -0.510 e. The Labute approximate surface area is 245 Å². The Hall–Kier alpha value is -3.97. The minimum atomic E-state index is -0.924. The van der Waals surface area contributed by atoms with Crippen LogP contribution in [0.4, 0.5) is 19.0 Å². The van der Waals surface area contributed by atoms with Crippen molar-refractivity contribution in [2.75, 3.05) is 51.4 Å². The Bertz CT molecular complexity index is 1730. The summed E-state index contributed by atoms with van der Waals surface area (Å²) in [5.74, 6) is -0.749. The van der Waals surface area contributed by atoms with Gasteiger partial charge in [0, 0.05) is 50.3 Å². The number of aromatic nitrogens is 5. The monoisotopic (exact) mass is 595 g/mol. The number of aromatic amines is 1. The molecule has 1 aromatic carbocycles. The minimum absolute atomic E-state index is 0.0290. The molecule has 0 radical (unpaired) electrons. The van der Waals surface area contributed by atoms with Crippen molar-refractivity contribution in [3.05, 3.63) is 47.5 Å². The lowest BCUT2D eigenvalue weighted by Crippen LogP contribution is -2.43. The highest BCUT2D eigenvalue weighted by Crippen LogP contribution is 2.41. The molecule has 3 saturated heterocycles. The fourth-order valence-electron chi connectivity index (χ4n) is 6.90. The van der Waals surface area contributed by atoms with Crippen LogP contribution in [0.2, 0.25) is 0 Å². The molecule has 13 heteroatoms. The van der Waals surface area contributed by atoms with E-state index in [4.69, 9.17) is 14.5 Å². The van der Waals surface area contributed by atoms with Crippen molar-refractivity contribution in [3.8, 4) is 17.3 Å². The lowest BCUT2D eigenvalue weighted by molar-refractivity contribution is 0.107. The molecule has 4 aromatic rings. The second-order valence-electron chi connectivity index (χ2n) is 11.7. The molecule has 6 heterocycles. The molecule has 0 saturated carbocycles. The number of ether oxygens (including phenoxy) is 2. The van der Waals surface area contributed by atoms with Gasteiger partial charge in [0.15, 0.2) is 5.82 Å². The van der Waals surface area contributed by atoms with E-state index in [2.05, 4.69) is 25.1 Å². The Kier molecular flexibility index (Phi) is 7.08. The number of rotatable bonds is 7. The predicted molar refractivity (Wildman–Crippen MR) is 154 cm³/mol. The number of anilines is 1.